The molecule has 0 fully saturated rings. The van der Waals surface area contributed by atoms with Crippen LogP contribution in [0.4, 0.5) is 4.79 Å². The SMILES string of the molecule is Cc1cnccc1/C=N/NC(N)=O. The van der Waals surface area contributed by atoms with Crippen LogP contribution < -0.4 is 11.2 Å². The van der Waals surface area contributed by atoms with E-state index in [9.17, 15) is 4.79 Å². The number of rotatable bonds is 2. The molecule has 1 rings (SSSR count). The van der Waals surface area contributed by atoms with Crippen molar-refractivity contribution in [2.24, 2.45) is 10.8 Å². The Hall–Kier alpha value is -1.91. The Kier molecular flexibility index (Phi) is 2.97. The molecule has 0 saturated carbocycles. The van der Waals surface area contributed by atoms with Gasteiger partial charge in [-0.3, -0.25) is 4.98 Å². The molecule has 5 heteroatoms. The maximum atomic E-state index is 10.3. The standard InChI is InChI=1S/C8H10N4O/c1-6-4-10-3-2-7(6)5-11-12-8(9)13/h2-5H,1H3,(H3,9,12,13)/b11-5+. The summed E-state index contributed by atoms with van der Waals surface area (Å²) in [5, 5.41) is 3.62. The lowest BCUT2D eigenvalue weighted by atomic mass is 10.2. The van der Waals surface area contributed by atoms with Crippen molar-refractivity contribution in [2.75, 3.05) is 0 Å². The number of nitrogens with two attached hydrogens (primary N) is 1. The van der Waals surface area contributed by atoms with Gasteiger partial charge in [-0.05, 0) is 18.6 Å². The van der Waals surface area contributed by atoms with Crippen molar-refractivity contribution in [3.8, 4) is 0 Å². The smallest absolute Gasteiger partial charge is 0.332 e. The van der Waals surface area contributed by atoms with Gasteiger partial charge in [-0.25, -0.2) is 10.2 Å². The van der Waals surface area contributed by atoms with Crippen molar-refractivity contribution in [1.82, 2.24) is 10.4 Å². The van der Waals surface area contributed by atoms with Crippen molar-refractivity contribution in [3.63, 3.8) is 0 Å². The molecule has 0 unspecified atom stereocenters. The molecule has 0 aromatic carbocycles. The molecule has 2 amide bonds. The molecule has 1 aromatic heterocycles. The maximum absolute atomic E-state index is 10.3. The topological polar surface area (TPSA) is 80.4 Å². The summed E-state index contributed by atoms with van der Waals surface area (Å²) >= 11 is 0. The average molecular weight is 178 g/mol. The zero-order valence-electron chi connectivity index (χ0n) is 7.19. The molecule has 0 aliphatic heterocycles. The van der Waals surface area contributed by atoms with Crippen LogP contribution in [0.25, 0.3) is 0 Å². The number of amides is 2. The number of hydrazone groups is 1. The van der Waals surface area contributed by atoms with E-state index in [1.165, 1.54) is 6.21 Å². The van der Waals surface area contributed by atoms with E-state index in [-0.39, 0.29) is 0 Å². The van der Waals surface area contributed by atoms with Gasteiger partial charge in [-0.15, -0.1) is 0 Å². The first-order valence-electron chi connectivity index (χ1n) is 3.69. The van der Waals surface area contributed by atoms with Crippen LogP contribution in [0, 0.1) is 6.92 Å². The minimum absolute atomic E-state index is 0.678. The molecule has 0 aliphatic rings. The monoisotopic (exact) mass is 178 g/mol. The molecule has 3 N–H and O–H groups in total. The number of urea groups is 1. The quantitative estimate of drug-likeness (QED) is 0.507. The van der Waals surface area contributed by atoms with Gasteiger partial charge in [-0.2, -0.15) is 5.10 Å². The Bertz CT molecular complexity index is 335. The number of carbonyl (C=O) groups excluding carboxylic acids is 1. The second kappa shape index (κ2) is 4.20. The van der Waals surface area contributed by atoms with Crippen molar-refractivity contribution < 1.29 is 4.79 Å². The van der Waals surface area contributed by atoms with E-state index in [0.29, 0.717) is 0 Å². The van der Waals surface area contributed by atoms with Gasteiger partial charge in [0.25, 0.3) is 0 Å². The number of aromatic nitrogens is 1. The highest BCUT2D eigenvalue weighted by Crippen LogP contribution is 2.00. The molecule has 0 spiro atoms. The lowest BCUT2D eigenvalue weighted by molar-refractivity contribution is 0.249. The molecule has 0 atom stereocenters. The van der Waals surface area contributed by atoms with Crippen LogP contribution in [0.15, 0.2) is 23.6 Å². The first-order chi connectivity index (χ1) is 6.20. The van der Waals surface area contributed by atoms with Crippen molar-refractivity contribution in [2.45, 2.75) is 6.92 Å². The third kappa shape index (κ3) is 2.90. The van der Waals surface area contributed by atoms with Gasteiger partial charge < -0.3 is 5.73 Å². The third-order valence-electron chi connectivity index (χ3n) is 1.44. The number of hydrogen-bond donors (Lipinski definition) is 2. The minimum atomic E-state index is -0.678. The molecular weight excluding hydrogens is 168 g/mol. The predicted octanol–water partition coefficient (Wildman–Crippen LogP) is 0.392. The number of nitrogens with zero attached hydrogens (tertiary/aromatic N) is 2. The molecule has 68 valence electrons. The normalized spacial score (nSPS) is 10.2. The summed E-state index contributed by atoms with van der Waals surface area (Å²) in [6.45, 7) is 1.90. The predicted molar refractivity (Wildman–Crippen MR) is 49.3 cm³/mol. The fraction of sp³-hybridized carbons (Fsp3) is 0.125. The van der Waals surface area contributed by atoms with Crippen LogP contribution in [0.1, 0.15) is 11.1 Å². The molecule has 0 bridgehead atoms. The molecule has 5 nitrogen and oxygen atoms in total. The Labute approximate surface area is 75.7 Å². The van der Waals surface area contributed by atoms with Crippen LogP contribution in [0.2, 0.25) is 0 Å². The Morgan fingerprint density at radius 3 is 3.15 bits per heavy atom. The zero-order valence-corrected chi connectivity index (χ0v) is 7.19. The highest BCUT2D eigenvalue weighted by molar-refractivity contribution is 5.82. The largest absolute Gasteiger partial charge is 0.350 e. The number of pyridine rings is 1. The number of nitrogens with one attached hydrogen (secondary N) is 1. The van der Waals surface area contributed by atoms with E-state index < -0.39 is 6.03 Å². The van der Waals surface area contributed by atoms with Gasteiger partial charge in [-0.1, -0.05) is 0 Å². The molecule has 0 radical (unpaired) electrons. The highest BCUT2D eigenvalue weighted by atomic mass is 16.2. The number of primary amides is 1. The van der Waals surface area contributed by atoms with E-state index in [2.05, 4.69) is 15.5 Å². The van der Waals surface area contributed by atoms with Gasteiger partial charge in [0, 0.05) is 18.0 Å². The summed E-state index contributed by atoms with van der Waals surface area (Å²) < 4.78 is 0. The third-order valence-corrected chi connectivity index (χ3v) is 1.44. The molecule has 0 aliphatic carbocycles. The molecule has 1 aromatic rings. The first kappa shape index (κ1) is 9.18. The zero-order chi connectivity index (χ0) is 9.68. The van der Waals surface area contributed by atoms with Gasteiger partial charge in [0.15, 0.2) is 0 Å². The van der Waals surface area contributed by atoms with Crippen molar-refractivity contribution in [1.29, 1.82) is 0 Å². The van der Waals surface area contributed by atoms with Crippen LogP contribution in [0.5, 0.6) is 0 Å². The lowest BCUT2D eigenvalue weighted by Crippen LogP contribution is -2.24. The summed E-state index contributed by atoms with van der Waals surface area (Å²) in [4.78, 5) is 14.2. The van der Waals surface area contributed by atoms with Gasteiger partial charge in [0.05, 0.1) is 6.21 Å². The summed E-state index contributed by atoms with van der Waals surface area (Å²) in [5.74, 6) is 0. The second-order valence-corrected chi connectivity index (χ2v) is 2.47. The lowest BCUT2D eigenvalue weighted by Gasteiger charge is -1.96. The van der Waals surface area contributed by atoms with Crippen LogP contribution in [-0.2, 0) is 0 Å². The fourth-order valence-electron chi connectivity index (χ4n) is 0.794. The molecule has 13 heavy (non-hydrogen) atoms. The summed E-state index contributed by atoms with van der Waals surface area (Å²) in [7, 11) is 0. The van der Waals surface area contributed by atoms with E-state index in [1.807, 2.05) is 6.92 Å². The van der Waals surface area contributed by atoms with Gasteiger partial charge in [0.1, 0.15) is 0 Å². The van der Waals surface area contributed by atoms with E-state index in [1.54, 1.807) is 18.5 Å². The Balaban J connectivity index is 2.68. The number of carbonyl (C=O) groups is 1. The van der Waals surface area contributed by atoms with E-state index >= 15 is 0 Å². The van der Waals surface area contributed by atoms with Crippen molar-refractivity contribution >= 4 is 12.2 Å². The van der Waals surface area contributed by atoms with E-state index in [4.69, 9.17) is 5.73 Å². The minimum Gasteiger partial charge on any atom is -0.350 e. The average Bonchev–Trinajstić information content (AvgIpc) is 2.08. The van der Waals surface area contributed by atoms with Crippen LogP contribution >= 0.6 is 0 Å². The number of aryl methyl sites for hydroxylation is 1. The maximum Gasteiger partial charge on any atom is 0.332 e. The Morgan fingerprint density at radius 1 is 1.77 bits per heavy atom. The first-order valence-corrected chi connectivity index (χ1v) is 3.69. The summed E-state index contributed by atoms with van der Waals surface area (Å²) in [5.41, 5.74) is 8.80. The van der Waals surface area contributed by atoms with Crippen LogP contribution in [-0.4, -0.2) is 17.2 Å². The number of hydrogen-bond acceptors (Lipinski definition) is 3. The van der Waals surface area contributed by atoms with Crippen molar-refractivity contribution in [3.05, 3.63) is 29.6 Å². The Morgan fingerprint density at radius 2 is 2.54 bits per heavy atom. The summed E-state index contributed by atoms with van der Waals surface area (Å²) in [6.07, 6.45) is 4.88. The van der Waals surface area contributed by atoms with Crippen LogP contribution in [0.3, 0.4) is 0 Å². The van der Waals surface area contributed by atoms with E-state index in [0.717, 1.165) is 11.1 Å². The van der Waals surface area contributed by atoms with Gasteiger partial charge in [0.2, 0.25) is 0 Å². The fourth-order valence-corrected chi connectivity index (χ4v) is 0.794. The second-order valence-electron chi connectivity index (χ2n) is 2.47. The van der Waals surface area contributed by atoms with Gasteiger partial charge >= 0.3 is 6.03 Å². The molecule has 1 heterocycles. The molecule has 0 saturated heterocycles. The summed E-state index contributed by atoms with van der Waals surface area (Å²) in [6, 6.07) is 1.12. The highest BCUT2D eigenvalue weighted by Gasteiger charge is 1.92. The molecular formula is C8H10N4O.